The van der Waals surface area contributed by atoms with Crippen molar-refractivity contribution in [1.82, 2.24) is 9.97 Å². The molecule has 0 saturated carbocycles. The van der Waals surface area contributed by atoms with Crippen LogP contribution in [0.1, 0.15) is 61.5 Å². The highest BCUT2D eigenvalue weighted by Crippen LogP contribution is 2.32. The van der Waals surface area contributed by atoms with Gasteiger partial charge in [-0.2, -0.15) is 0 Å². The summed E-state index contributed by atoms with van der Waals surface area (Å²) in [6.07, 6.45) is 11.2. The van der Waals surface area contributed by atoms with Crippen LogP contribution in [-0.2, 0) is 11.2 Å². The maximum absolute atomic E-state index is 5.70. The van der Waals surface area contributed by atoms with E-state index in [0.717, 1.165) is 76.3 Å². The number of nitrogens with one attached hydrogen (secondary N) is 1. The number of hydrogen-bond acceptors (Lipinski definition) is 4. The molecule has 176 valence electrons. The van der Waals surface area contributed by atoms with Crippen LogP contribution < -0.4 is 5.32 Å². The van der Waals surface area contributed by atoms with Gasteiger partial charge in [-0.05, 0) is 61.8 Å². The number of rotatable bonds is 7. The van der Waals surface area contributed by atoms with Gasteiger partial charge in [-0.3, -0.25) is 9.97 Å². The molecule has 0 spiro atoms. The van der Waals surface area contributed by atoms with Crippen molar-refractivity contribution in [3.05, 3.63) is 76.2 Å². The first-order valence-electron chi connectivity index (χ1n) is 12.6. The number of aromatic nitrogens is 2. The van der Waals surface area contributed by atoms with E-state index in [1.54, 1.807) is 0 Å². The van der Waals surface area contributed by atoms with E-state index in [0.29, 0.717) is 0 Å². The minimum Gasteiger partial charge on any atom is -0.381 e. The van der Waals surface area contributed by atoms with E-state index in [1.807, 2.05) is 18.3 Å². The number of nitrogens with zero attached hydrogens (tertiary/aromatic N) is 2. The molecule has 34 heavy (non-hydrogen) atoms. The zero-order chi connectivity index (χ0) is 23.5. The zero-order valence-corrected chi connectivity index (χ0v) is 21.2. The second kappa shape index (κ2) is 10.4. The third-order valence-electron chi connectivity index (χ3n) is 7.56. The second-order valence-electron chi connectivity index (χ2n) is 9.66. The SMILES string of the molecule is CCC1COCCC1CCCCc1nc2cc(c(=P)c1C)NC=C2c1cnc2ccccc2c1. The smallest absolute Gasteiger partial charge is 0.0747 e. The molecular weight excluding hydrogens is 437 g/mol. The van der Waals surface area contributed by atoms with Crippen molar-refractivity contribution < 1.29 is 4.74 Å². The highest BCUT2D eigenvalue weighted by atomic mass is 31.0. The Morgan fingerprint density at radius 3 is 2.91 bits per heavy atom. The van der Waals surface area contributed by atoms with Crippen LogP contribution in [0.3, 0.4) is 0 Å². The summed E-state index contributed by atoms with van der Waals surface area (Å²) in [6.45, 7) is 6.35. The first kappa shape index (κ1) is 23.2. The first-order chi connectivity index (χ1) is 16.6. The monoisotopic (exact) mass is 471 g/mol. The molecule has 5 heteroatoms. The summed E-state index contributed by atoms with van der Waals surface area (Å²) in [5.41, 5.74) is 7.64. The van der Waals surface area contributed by atoms with Gasteiger partial charge in [-0.1, -0.05) is 44.4 Å². The highest BCUT2D eigenvalue weighted by molar-refractivity contribution is 7.07. The lowest BCUT2D eigenvalue weighted by Gasteiger charge is -2.30. The van der Waals surface area contributed by atoms with Gasteiger partial charge in [0.1, 0.15) is 0 Å². The van der Waals surface area contributed by atoms with Crippen molar-refractivity contribution in [2.45, 2.75) is 52.4 Å². The summed E-state index contributed by atoms with van der Waals surface area (Å²) in [4.78, 5) is 11.0. The minimum atomic E-state index is 0.731. The van der Waals surface area contributed by atoms with Crippen LogP contribution >= 0.6 is 8.86 Å². The first-order valence-corrected chi connectivity index (χ1v) is 13.1. The summed E-state index contributed by atoms with van der Waals surface area (Å²) in [5.74, 6) is 1.55. The fraction of sp³-hybridized carbons (Fsp3) is 0.414. The van der Waals surface area contributed by atoms with Gasteiger partial charge in [-0.25, -0.2) is 0 Å². The van der Waals surface area contributed by atoms with Crippen molar-refractivity contribution in [2.24, 2.45) is 11.8 Å². The van der Waals surface area contributed by atoms with Gasteiger partial charge in [0.25, 0.3) is 0 Å². The molecule has 4 heterocycles. The normalized spacial score (nSPS) is 19.5. The van der Waals surface area contributed by atoms with Crippen molar-refractivity contribution in [3.8, 4) is 0 Å². The van der Waals surface area contributed by atoms with E-state index in [1.165, 1.54) is 36.9 Å². The lowest BCUT2D eigenvalue weighted by Crippen LogP contribution is -2.26. The molecule has 2 aromatic heterocycles. The van der Waals surface area contributed by atoms with E-state index in [2.05, 4.69) is 63.5 Å². The lowest BCUT2D eigenvalue weighted by molar-refractivity contribution is 0.0118. The number of benzene rings is 1. The van der Waals surface area contributed by atoms with Crippen molar-refractivity contribution in [1.29, 1.82) is 0 Å². The van der Waals surface area contributed by atoms with Crippen LogP contribution in [0.15, 0.2) is 48.8 Å². The minimum absolute atomic E-state index is 0.731. The molecule has 2 bridgehead atoms. The Balaban J connectivity index is 1.36. The number of hydrogen-bond donors (Lipinski definition) is 1. The van der Waals surface area contributed by atoms with E-state index in [9.17, 15) is 0 Å². The molecule has 3 aromatic rings. The molecule has 2 unspecified atom stereocenters. The summed E-state index contributed by atoms with van der Waals surface area (Å²) in [7, 11) is 3.89. The summed E-state index contributed by atoms with van der Waals surface area (Å²) in [6, 6.07) is 12.6. The second-order valence-corrected chi connectivity index (χ2v) is 10.2. The van der Waals surface area contributed by atoms with Crippen molar-refractivity contribution in [2.75, 3.05) is 18.5 Å². The summed E-state index contributed by atoms with van der Waals surface area (Å²) < 4.78 is 5.70. The Hall–Kier alpha value is -2.55. The van der Waals surface area contributed by atoms with Gasteiger partial charge >= 0.3 is 0 Å². The van der Waals surface area contributed by atoms with Crippen LogP contribution in [-0.4, -0.2) is 23.2 Å². The number of pyridine rings is 1. The number of ether oxygens (including phenoxy) is 1. The van der Waals surface area contributed by atoms with Crippen LogP contribution in [0.5, 0.6) is 0 Å². The molecule has 2 atom stereocenters. The molecule has 2 aliphatic heterocycles. The number of anilines is 1. The van der Waals surface area contributed by atoms with E-state index < -0.39 is 0 Å². The van der Waals surface area contributed by atoms with Gasteiger partial charge < -0.3 is 10.1 Å². The molecule has 1 aromatic carbocycles. The fourth-order valence-corrected chi connectivity index (χ4v) is 5.65. The molecular formula is C29H34N3OP. The van der Waals surface area contributed by atoms with Gasteiger partial charge in [0, 0.05) is 52.8 Å². The van der Waals surface area contributed by atoms with E-state index >= 15 is 0 Å². The van der Waals surface area contributed by atoms with Crippen LogP contribution in [0.2, 0.25) is 0 Å². The van der Waals surface area contributed by atoms with E-state index in [4.69, 9.17) is 9.72 Å². The summed E-state index contributed by atoms with van der Waals surface area (Å²) >= 11 is 0. The van der Waals surface area contributed by atoms with Gasteiger partial charge in [0.05, 0.1) is 16.9 Å². The Kier molecular flexibility index (Phi) is 7.08. The molecule has 0 radical (unpaired) electrons. The van der Waals surface area contributed by atoms with Gasteiger partial charge in [-0.15, -0.1) is 8.86 Å². The van der Waals surface area contributed by atoms with Gasteiger partial charge in [0.2, 0.25) is 0 Å². The van der Waals surface area contributed by atoms with Crippen LogP contribution in [0.4, 0.5) is 5.69 Å². The molecule has 1 saturated heterocycles. The Labute approximate surface area is 204 Å². The largest absolute Gasteiger partial charge is 0.381 e. The fourth-order valence-electron chi connectivity index (χ4n) is 5.36. The Morgan fingerprint density at radius 2 is 2.03 bits per heavy atom. The molecule has 4 nitrogen and oxygen atoms in total. The predicted molar refractivity (Wildman–Crippen MR) is 143 cm³/mol. The molecule has 5 rings (SSSR count). The lowest BCUT2D eigenvalue weighted by atomic mass is 9.83. The maximum Gasteiger partial charge on any atom is 0.0747 e. The van der Waals surface area contributed by atoms with Crippen LogP contribution in [0, 0.1) is 23.7 Å². The average Bonchev–Trinajstić information content (AvgIpc) is 2.97. The Bertz CT molecular complexity index is 1290. The maximum atomic E-state index is 5.70. The molecule has 0 aliphatic carbocycles. The average molecular weight is 472 g/mol. The molecule has 1 N–H and O–H groups in total. The van der Waals surface area contributed by atoms with E-state index in [-0.39, 0.29) is 0 Å². The quantitative estimate of drug-likeness (QED) is 0.292. The summed E-state index contributed by atoms with van der Waals surface area (Å²) in [5, 5.41) is 4.61. The number of para-hydroxylation sites is 1. The number of fused-ring (bicyclic) bond motifs is 3. The van der Waals surface area contributed by atoms with Crippen molar-refractivity contribution in [3.63, 3.8) is 0 Å². The van der Waals surface area contributed by atoms with Gasteiger partial charge in [0.15, 0.2) is 0 Å². The number of aryl methyl sites for hydroxylation is 1. The number of unbranched alkanes of at least 4 members (excludes halogenated alkanes) is 1. The third-order valence-corrected chi connectivity index (χ3v) is 8.20. The standard InChI is InChI=1S/C29H34N3OP/c1-3-20-18-33-13-12-21(20)8-4-6-10-25-19(2)29(34)28-15-27(32-25)24(17-31-28)23-14-22-9-5-7-11-26(22)30-16-23/h5,7,9,11,14-17,20-21,31,34H,3-4,6,8,10,12-13,18H2,1-2H3. The third kappa shape index (κ3) is 4.80. The topological polar surface area (TPSA) is 47.0 Å². The molecule has 0 amide bonds. The molecule has 1 fully saturated rings. The Morgan fingerprint density at radius 1 is 1.15 bits per heavy atom. The van der Waals surface area contributed by atoms with Crippen molar-refractivity contribution >= 4 is 31.0 Å². The highest BCUT2D eigenvalue weighted by Gasteiger charge is 2.23. The molecule has 2 aliphatic rings. The predicted octanol–water partition coefficient (Wildman–Crippen LogP) is 7.20. The zero-order valence-electron chi connectivity index (χ0n) is 20.2. The van der Waals surface area contributed by atoms with Crippen LogP contribution in [0.25, 0.3) is 16.5 Å².